The fourth-order valence-electron chi connectivity index (χ4n) is 3.64. The zero-order chi connectivity index (χ0) is 12.4. The quantitative estimate of drug-likeness (QED) is 0.798. The smallest absolute Gasteiger partial charge is 0.0374 e. The first kappa shape index (κ1) is 12.1. The van der Waals surface area contributed by atoms with Crippen LogP contribution in [0.3, 0.4) is 0 Å². The molecule has 0 bridgehead atoms. The Labute approximate surface area is 111 Å². The molecule has 1 nitrogen and oxygen atoms in total. The molecule has 1 aliphatic carbocycles. The van der Waals surface area contributed by atoms with Crippen LogP contribution in [0.5, 0.6) is 0 Å². The number of aryl methyl sites for hydroxylation is 1. The fraction of sp³-hybridized carbons (Fsp3) is 0.647. The first-order valence-electron chi connectivity index (χ1n) is 7.65. The molecule has 0 aromatic heterocycles. The minimum atomic E-state index is 0.721. The number of benzene rings is 1. The van der Waals surface area contributed by atoms with Crippen LogP contribution in [0.15, 0.2) is 24.3 Å². The van der Waals surface area contributed by atoms with Gasteiger partial charge in [-0.15, -0.1) is 0 Å². The van der Waals surface area contributed by atoms with Gasteiger partial charge in [0.05, 0.1) is 0 Å². The Morgan fingerprint density at radius 2 is 1.83 bits per heavy atom. The number of anilines is 1. The summed E-state index contributed by atoms with van der Waals surface area (Å²) in [7, 11) is 0. The molecule has 1 N–H and O–H groups in total. The molecule has 3 rings (SSSR count). The lowest BCUT2D eigenvalue weighted by molar-refractivity contribution is 0.265. The van der Waals surface area contributed by atoms with E-state index < -0.39 is 0 Å². The average Bonchev–Trinajstić information content (AvgIpc) is 2.41. The molecule has 1 heterocycles. The van der Waals surface area contributed by atoms with Crippen molar-refractivity contribution < 1.29 is 0 Å². The lowest BCUT2D eigenvalue weighted by Crippen LogP contribution is -2.29. The number of hydrogen-bond acceptors (Lipinski definition) is 1. The van der Waals surface area contributed by atoms with E-state index in [0.29, 0.717) is 0 Å². The summed E-state index contributed by atoms with van der Waals surface area (Å²) in [6.07, 6.45) is 9.80. The highest BCUT2D eigenvalue weighted by Crippen LogP contribution is 2.34. The van der Waals surface area contributed by atoms with E-state index in [1.54, 1.807) is 0 Å². The van der Waals surface area contributed by atoms with Gasteiger partial charge < -0.3 is 5.32 Å². The van der Waals surface area contributed by atoms with E-state index in [0.717, 1.165) is 17.9 Å². The van der Waals surface area contributed by atoms with Crippen LogP contribution in [0, 0.1) is 11.8 Å². The van der Waals surface area contributed by atoms with E-state index >= 15 is 0 Å². The number of nitrogens with one attached hydrogen (secondary N) is 1. The van der Waals surface area contributed by atoms with Crippen LogP contribution < -0.4 is 5.32 Å². The Morgan fingerprint density at radius 1 is 1.06 bits per heavy atom. The van der Waals surface area contributed by atoms with Crippen molar-refractivity contribution in [2.75, 3.05) is 5.32 Å². The van der Waals surface area contributed by atoms with Crippen LogP contribution in [0.1, 0.15) is 51.0 Å². The monoisotopic (exact) mass is 243 g/mol. The van der Waals surface area contributed by atoms with Crippen LogP contribution in [0.4, 0.5) is 5.69 Å². The third-order valence-electron chi connectivity index (χ3n) is 4.89. The van der Waals surface area contributed by atoms with Crippen LogP contribution >= 0.6 is 0 Å². The Kier molecular flexibility index (Phi) is 3.58. The van der Waals surface area contributed by atoms with Crippen molar-refractivity contribution >= 4 is 5.69 Å². The topological polar surface area (TPSA) is 12.0 Å². The summed E-state index contributed by atoms with van der Waals surface area (Å²) in [4.78, 5) is 0. The molecule has 1 fully saturated rings. The highest BCUT2D eigenvalue weighted by atomic mass is 14.9. The molecule has 0 saturated heterocycles. The summed E-state index contributed by atoms with van der Waals surface area (Å²) in [6.45, 7) is 2.41. The zero-order valence-corrected chi connectivity index (χ0v) is 11.5. The first-order valence-corrected chi connectivity index (χ1v) is 7.65. The van der Waals surface area contributed by atoms with Gasteiger partial charge in [-0.25, -0.2) is 0 Å². The Morgan fingerprint density at radius 3 is 2.67 bits per heavy atom. The van der Waals surface area contributed by atoms with E-state index in [9.17, 15) is 0 Å². The Bertz CT molecular complexity index is 390. The van der Waals surface area contributed by atoms with E-state index in [-0.39, 0.29) is 0 Å². The van der Waals surface area contributed by atoms with Crippen molar-refractivity contribution in [2.24, 2.45) is 11.8 Å². The summed E-state index contributed by atoms with van der Waals surface area (Å²) in [5, 5.41) is 3.76. The SMILES string of the molecule is CC1CCC(CC2CCc3ccccc3N2)CC1. The van der Waals surface area contributed by atoms with Crippen LogP contribution in [-0.2, 0) is 6.42 Å². The second-order valence-electron chi connectivity index (χ2n) is 6.40. The number of rotatable bonds is 2. The van der Waals surface area contributed by atoms with Crippen molar-refractivity contribution in [3.05, 3.63) is 29.8 Å². The average molecular weight is 243 g/mol. The molecule has 1 saturated carbocycles. The minimum absolute atomic E-state index is 0.721. The molecule has 2 aliphatic rings. The van der Waals surface area contributed by atoms with Gasteiger partial charge in [0.1, 0.15) is 0 Å². The van der Waals surface area contributed by atoms with Gasteiger partial charge in [-0.2, -0.15) is 0 Å². The van der Waals surface area contributed by atoms with Gasteiger partial charge in [-0.1, -0.05) is 50.8 Å². The molecule has 1 aliphatic heterocycles. The summed E-state index contributed by atoms with van der Waals surface area (Å²) in [6, 6.07) is 9.53. The van der Waals surface area contributed by atoms with E-state index in [4.69, 9.17) is 0 Å². The van der Waals surface area contributed by atoms with E-state index in [2.05, 4.69) is 36.5 Å². The molecule has 1 aromatic rings. The molecule has 1 unspecified atom stereocenters. The number of para-hydroxylation sites is 1. The predicted octanol–water partition coefficient (Wildman–Crippen LogP) is 4.63. The van der Waals surface area contributed by atoms with Crippen LogP contribution in [-0.4, -0.2) is 6.04 Å². The van der Waals surface area contributed by atoms with E-state index in [1.165, 1.54) is 56.2 Å². The van der Waals surface area contributed by atoms with Crippen molar-refractivity contribution in [1.82, 2.24) is 0 Å². The molecule has 1 aromatic carbocycles. The molecule has 98 valence electrons. The zero-order valence-electron chi connectivity index (χ0n) is 11.5. The van der Waals surface area contributed by atoms with Crippen molar-refractivity contribution in [1.29, 1.82) is 0 Å². The van der Waals surface area contributed by atoms with Gasteiger partial charge in [-0.3, -0.25) is 0 Å². The van der Waals surface area contributed by atoms with Gasteiger partial charge in [0.15, 0.2) is 0 Å². The predicted molar refractivity (Wildman–Crippen MR) is 77.9 cm³/mol. The maximum Gasteiger partial charge on any atom is 0.0374 e. The lowest BCUT2D eigenvalue weighted by Gasteiger charge is -2.33. The molecular weight excluding hydrogens is 218 g/mol. The third kappa shape index (κ3) is 2.71. The summed E-state index contributed by atoms with van der Waals surface area (Å²) in [5.41, 5.74) is 2.89. The molecule has 1 heteroatoms. The highest BCUT2D eigenvalue weighted by molar-refractivity contribution is 5.53. The van der Waals surface area contributed by atoms with Crippen molar-refractivity contribution in [3.63, 3.8) is 0 Å². The minimum Gasteiger partial charge on any atom is -0.382 e. The van der Waals surface area contributed by atoms with Crippen LogP contribution in [0.2, 0.25) is 0 Å². The summed E-state index contributed by atoms with van der Waals surface area (Å²) in [5.74, 6) is 1.95. The van der Waals surface area contributed by atoms with Gasteiger partial charge in [0, 0.05) is 11.7 Å². The standard InChI is InChI=1S/C17H25N/c1-13-6-8-14(9-7-13)12-16-11-10-15-4-2-3-5-17(15)18-16/h2-5,13-14,16,18H,6-12H2,1H3. The third-order valence-corrected chi connectivity index (χ3v) is 4.89. The number of fused-ring (bicyclic) bond motifs is 1. The highest BCUT2D eigenvalue weighted by Gasteiger charge is 2.24. The Hall–Kier alpha value is -0.980. The van der Waals surface area contributed by atoms with Crippen molar-refractivity contribution in [2.45, 2.75) is 57.9 Å². The maximum atomic E-state index is 3.76. The molecule has 0 radical (unpaired) electrons. The largest absolute Gasteiger partial charge is 0.382 e. The van der Waals surface area contributed by atoms with E-state index in [1.807, 2.05) is 0 Å². The van der Waals surface area contributed by atoms with Gasteiger partial charge >= 0.3 is 0 Å². The lowest BCUT2D eigenvalue weighted by atomic mass is 9.79. The molecule has 18 heavy (non-hydrogen) atoms. The summed E-state index contributed by atoms with van der Waals surface area (Å²) < 4.78 is 0. The fourth-order valence-corrected chi connectivity index (χ4v) is 3.64. The van der Waals surface area contributed by atoms with Crippen LogP contribution in [0.25, 0.3) is 0 Å². The van der Waals surface area contributed by atoms with Gasteiger partial charge in [0.25, 0.3) is 0 Å². The molecule has 1 atom stereocenters. The van der Waals surface area contributed by atoms with Crippen molar-refractivity contribution in [3.8, 4) is 0 Å². The van der Waals surface area contributed by atoms with Gasteiger partial charge in [-0.05, 0) is 42.7 Å². The number of hydrogen-bond donors (Lipinski definition) is 1. The Balaban J connectivity index is 1.56. The second-order valence-corrected chi connectivity index (χ2v) is 6.40. The second kappa shape index (κ2) is 5.34. The molecular formula is C17H25N. The first-order chi connectivity index (χ1) is 8.81. The molecule has 0 amide bonds. The normalized spacial score (nSPS) is 31.5. The maximum absolute atomic E-state index is 3.76. The molecule has 0 spiro atoms. The van der Waals surface area contributed by atoms with Gasteiger partial charge in [0.2, 0.25) is 0 Å². The summed E-state index contributed by atoms with van der Waals surface area (Å²) >= 11 is 0.